The second-order valence-corrected chi connectivity index (χ2v) is 24.9. The van der Waals surface area contributed by atoms with Crippen molar-refractivity contribution in [2.75, 3.05) is 13.2 Å². The van der Waals surface area contributed by atoms with Gasteiger partial charge in [-0.25, -0.2) is 0 Å². The van der Waals surface area contributed by atoms with Gasteiger partial charge in [0.2, 0.25) is 5.91 Å². The van der Waals surface area contributed by atoms with Gasteiger partial charge < -0.3 is 20.3 Å². The van der Waals surface area contributed by atoms with Gasteiger partial charge in [0, 0.05) is 12.8 Å². The first-order valence-corrected chi connectivity index (χ1v) is 35.9. The van der Waals surface area contributed by atoms with Crippen LogP contribution in [0.4, 0.5) is 0 Å². The normalized spacial score (nSPS) is 12.5. The summed E-state index contributed by atoms with van der Waals surface area (Å²) in [6.45, 7) is 4.98. The molecule has 0 radical (unpaired) electrons. The molecular formula is C72H141NO5. The Labute approximate surface area is 489 Å². The van der Waals surface area contributed by atoms with Gasteiger partial charge in [-0.05, 0) is 51.4 Å². The Morgan fingerprint density at radius 2 is 0.603 bits per heavy atom. The Kier molecular flexibility index (Phi) is 66.9. The second kappa shape index (κ2) is 68.1. The lowest BCUT2D eigenvalue weighted by atomic mass is 10.0. The molecule has 0 aromatic rings. The number of hydrogen-bond acceptors (Lipinski definition) is 5. The molecule has 0 spiro atoms. The van der Waals surface area contributed by atoms with Crippen LogP contribution >= 0.6 is 0 Å². The Hall–Kier alpha value is -1.40. The fraction of sp³-hybridized carbons (Fsp3) is 0.944. The number of unbranched alkanes of at least 4 members (excludes halogenated alkanes) is 55. The molecule has 0 saturated heterocycles. The third-order valence-electron chi connectivity index (χ3n) is 17.1. The summed E-state index contributed by atoms with van der Waals surface area (Å²) in [5, 5.41) is 23.4. The summed E-state index contributed by atoms with van der Waals surface area (Å²) in [7, 11) is 0. The Morgan fingerprint density at radius 1 is 0.346 bits per heavy atom. The standard InChI is InChI=1S/C72H141NO5/c1-3-5-7-9-11-13-15-17-19-34-37-40-44-48-52-56-60-64-70(75)69(68-74)73-71(76)65-61-57-53-49-45-41-38-35-32-30-28-26-24-22-20-21-23-25-27-29-31-33-36-39-43-47-51-55-59-63-67-78-72(77)66-62-58-54-50-46-42-18-16-14-12-10-8-6-4-2/h16,18,69-70,74-75H,3-15,17,19-68H2,1-2H3,(H,73,76)/b18-16-. The smallest absolute Gasteiger partial charge is 0.305 e. The number of hydrogen-bond donors (Lipinski definition) is 3. The Balaban J connectivity index is 3.32. The van der Waals surface area contributed by atoms with Crippen molar-refractivity contribution in [2.45, 2.75) is 424 Å². The van der Waals surface area contributed by atoms with Crippen LogP contribution in [0.25, 0.3) is 0 Å². The zero-order chi connectivity index (χ0) is 56.4. The number of allylic oxidation sites excluding steroid dienone is 2. The topological polar surface area (TPSA) is 95.9 Å². The molecule has 0 aliphatic carbocycles. The van der Waals surface area contributed by atoms with Crippen molar-refractivity contribution in [1.82, 2.24) is 5.32 Å². The fourth-order valence-electron chi connectivity index (χ4n) is 11.6. The molecule has 0 bridgehead atoms. The maximum absolute atomic E-state index is 12.5. The number of carbonyl (C=O) groups is 2. The minimum absolute atomic E-state index is 0.0125. The SMILES string of the molecule is CCCCCCC/C=C\CCCCCCCC(=O)OCCCCCCCCCCCCCCCCCCCCCCCCCCCCCCCCC(=O)NC(CO)C(O)CCCCCCCCCCCCCCCCCCC. The molecular weight excluding hydrogens is 959 g/mol. The van der Waals surface area contributed by atoms with Gasteiger partial charge >= 0.3 is 5.97 Å². The summed E-state index contributed by atoms with van der Waals surface area (Å²) in [6.07, 6.45) is 84.1. The molecule has 0 rings (SSSR count). The van der Waals surface area contributed by atoms with E-state index >= 15 is 0 Å². The molecule has 78 heavy (non-hydrogen) atoms. The van der Waals surface area contributed by atoms with Crippen molar-refractivity contribution in [3.8, 4) is 0 Å². The molecule has 0 fully saturated rings. The molecule has 0 saturated carbocycles. The zero-order valence-corrected chi connectivity index (χ0v) is 53.2. The van der Waals surface area contributed by atoms with Crippen LogP contribution in [-0.2, 0) is 14.3 Å². The van der Waals surface area contributed by atoms with Crippen molar-refractivity contribution in [3.63, 3.8) is 0 Å². The third-order valence-corrected chi connectivity index (χ3v) is 17.1. The van der Waals surface area contributed by atoms with E-state index in [2.05, 4.69) is 31.3 Å². The maximum atomic E-state index is 12.5. The van der Waals surface area contributed by atoms with E-state index in [1.165, 1.54) is 334 Å². The summed E-state index contributed by atoms with van der Waals surface area (Å²) < 4.78 is 5.49. The summed E-state index contributed by atoms with van der Waals surface area (Å²) in [5.41, 5.74) is 0. The van der Waals surface area contributed by atoms with Crippen molar-refractivity contribution in [3.05, 3.63) is 12.2 Å². The van der Waals surface area contributed by atoms with Crippen molar-refractivity contribution in [1.29, 1.82) is 0 Å². The van der Waals surface area contributed by atoms with Crippen LogP contribution in [0.1, 0.15) is 412 Å². The van der Waals surface area contributed by atoms with Gasteiger partial charge in [0.25, 0.3) is 0 Å². The molecule has 0 aliphatic heterocycles. The van der Waals surface area contributed by atoms with Gasteiger partial charge in [-0.2, -0.15) is 0 Å². The number of carbonyl (C=O) groups excluding carboxylic acids is 2. The first kappa shape index (κ1) is 76.6. The van der Waals surface area contributed by atoms with E-state index < -0.39 is 12.1 Å². The minimum Gasteiger partial charge on any atom is -0.466 e. The first-order valence-electron chi connectivity index (χ1n) is 35.9. The predicted molar refractivity (Wildman–Crippen MR) is 343 cm³/mol. The zero-order valence-electron chi connectivity index (χ0n) is 53.2. The van der Waals surface area contributed by atoms with Gasteiger partial charge in [0.1, 0.15) is 0 Å². The summed E-state index contributed by atoms with van der Waals surface area (Å²) >= 11 is 0. The molecule has 0 heterocycles. The molecule has 2 atom stereocenters. The molecule has 0 aliphatic rings. The van der Waals surface area contributed by atoms with E-state index in [1.807, 2.05) is 0 Å². The molecule has 6 heteroatoms. The van der Waals surface area contributed by atoms with Gasteiger partial charge in [-0.15, -0.1) is 0 Å². The highest BCUT2D eigenvalue weighted by molar-refractivity contribution is 5.76. The number of nitrogens with one attached hydrogen (secondary N) is 1. The van der Waals surface area contributed by atoms with Gasteiger partial charge in [-0.1, -0.05) is 360 Å². The predicted octanol–water partition coefficient (Wildman–Crippen LogP) is 23.1. The lowest BCUT2D eigenvalue weighted by Gasteiger charge is -2.22. The van der Waals surface area contributed by atoms with E-state index in [9.17, 15) is 19.8 Å². The maximum Gasteiger partial charge on any atom is 0.305 e. The van der Waals surface area contributed by atoms with Crippen LogP contribution in [0.5, 0.6) is 0 Å². The number of amides is 1. The molecule has 0 aromatic carbocycles. The van der Waals surface area contributed by atoms with Crippen LogP contribution < -0.4 is 5.32 Å². The lowest BCUT2D eigenvalue weighted by Crippen LogP contribution is -2.45. The van der Waals surface area contributed by atoms with Crippen LogP contribution in [0.2, 0.25) is 0 Å². The fourth-order valence-corrected chi connectivity index (χ4v) is 11.6. The van der Waals surface area contributed by atoms with Crippen molar-refractivity contribution < 1.29 is 24.5 Å². The van der Waals surface area contributed by atoms with E-state index in [0.29, 0.717) is 25.9 Å². The quantitative estimate of drug-likeness (QED) is 0.0320. The molecule has 6 nitrogen and oxygen atoms in total. The van der Waals surface area contributed by atoms with Crippen molar-refractivity contribution in [2.24, 2.45) is 0 Å². The third kappa shape index (κ3) is 63.8. The minimum atomic E-state index is -0.661. The summed E-state index contributed by atoms with van der Waals surface area (Å²) in [6, 6.07) is -0.538. The average Bonchev–Trinajstić information content (AvgIpc) is 3.44. The molecule has 3 N–H and O–H groups in total. The highest BCUT2D eigenvalue weighted by Crippen LogP contribution is 2.19. The van der Waals surface area contributed by atoms with E-state index in [1.54, 1.807) is 0 Å². The number of rotatable bonds is 68. The van der Waals surface area contributed by atoms with Gasteiger partial charge in [0.15, 0.2) is 0 Å². The molecule has 1 amide bonds. The highest BCUT2D eigenvalue weighted by atomic mass is 16.5. The molecule has 464 valence electrons. The van der Waals surface area contributed by atoms with Gasteiger partial charge in [-0.3, -0.25) is 9.59 Å². The van der Waals surface area contributed by atoms with Crippen LogP contribution in [0.15, 0.2) is 12.2 Å². The number of ether oxygens (including phenoxy) is 1. The van der Waals surface area contributed by atoms with E-state index in [0.717, 1.165) is 44.9 Å². The van der Waals surface area contributed by atoms with Crippen molar-refractivity contribution >= 4 is 11.9 Å². The summed E-state index contributed by atoms with van der Waals surface area (Å²) in [5.74, 6) is -0.0145. The highest BCUT2D eigenvalue weighted by Gasteiger charge is 2.20. The first-order chi connectivity index (χ1) is 38.5. The Bertz CT molecular complexity index is 1180. The monoisotopic (exact) mass is 1100 g/mol. The number of esters is 1. The molecule has 2 unspecified atom stereocenters. The van der Waals surface area contributed by atoms with E-state index in [4.69, 9.17) is 4.74 Å². The van der Waals surface area contributed by atoms with Gasteiger partial charge in [0.05, 0.1) is 25.4 Å². The largest absolute Gasteiger partial charge is 0.466 e. The van der Waals surface area contributed by atoms with Crippen LogP contribution in [0, 0.1) is 0 Å². The molecule has 0 aromatic heterocycles. The average molecular weight is 1100 g/mol. The van der Waals surface area contributed by atoms with Crippen LogP contribution in [-0.4, -0.2) is 47.4 Å². The summed E-state index contributed by atoms with van der Waals surface area (Å²) in [4.78, 5) is 24.6. The Morgan fingerprint density at radius 3 is 0.910 bits per heavy atom. The van der Waals surface area contributed by atoms with Crippen LogP contribution in [0.3, 0.4) is 0 Å². The number of aliphatic hydroxyl groups excluding tert-OH is 2. The number of aliphatic hydroxyl groups is 2. The lowest BCUT2D eigenvalue weighted by molar-refractivity contribution is -0.143. The second-order valence-electron chi connectivity index (χ2n) is 24.9. The van der Waals surface area contributed by atoms with E-state index in [-0.39, 0.29) is 18.5 Å².